The molecule has 0 spiro atoms. The molecule has 0 aliphatic carbocycles. The summed E-state index contributed by atoms with van der Waals surface area (Å²) in [4.78, 5) is 2.51. The molecule has 2 rings (SSSR count). The second kappa shape index (κ2) is 7.69. The summed E-state index contributed by atoms with van der Waals surface area (Å²) in [7, 11) is 1.73. The number of hydrogen-bond donors (Lipinski definition) is 1. The van der Waals surface area contributed by atoms with Crippen LogP contribution in [0.5, 0.6) is 5.75 Å². The van der Waals surface area contributed by atoms with E-state index in [4.69, 9.17) is 10.5 Å². The van der Waals surface area contributed by atoms with Crippen LogP contribution in [0.25, 0.3) is 0 Å². The minimum Gasteiger partial charge on any atom is -0.496 e. The van der Waals surface area contributed by atoms with Gasteiger partial charge in [0, 0.05) is 30.4 Å². The van der Waals surface area contributed by atoms with E-state index >= 15 is 0 Å². The first-order chi connectivity index (χ1) is 10.2. The summed E-state index contributed by atoms with van der Waals surface area (Å²) < 4.78 is 5.52. The van der Waals surface area contributed by atoms with E-state index in [1.165, 1.54) is 37.8 Å². The van der Waals surface area contributed by atoms with Crippen molar-refractivity contribution in [3.05, 3.63) is 23.8 Å². The van der Waals surface area contributed by atoms with E-state index in [0.29, 0.717) is 0 Å². The van der Waals surface area contributed by atoms with Crippen molar-refractivity contribution >= 4 is 5.69 Å². The van der Waals surface area contributed by atoms with Crippen molar-refractivity contribution in [3.8, 4) is 5.75 Å². The largest absolute Gasteiger partial charge is 0.496 e. The van der Waals surface area contributed by atoms with E-state index < -0.39 is 0 Å². The maximum absolute atomic E-state index is 6.20. The smallest absolute Gasteiger partial charge is 0.125 e. The maximum Gasteiger partial charge on any atom is 0.125 e. The molecule has 1 heterocycles. The molecule has 0 saturated carbocycles. The fourth-order valence-corrected chi connectivity index (χ4v) is 3.55. The van der Waals surface area contributed by atoms with Gasteiger partial charge in [-0.15, -0.1) is 0 Å². The molecule has 1 aromatic carbocycles. The second-order valence-electron chi connectivity index (χ2n) is 6.25. The van der Waals surface area contributed by atoms with E-state index in [1.807, 2.05) is 13.0 Å². The molecule has 0 radical (unpaired) electrons. The number of nitrogens with two attached hydrogens (primary N) is 1. The van der Waals surface area contributed by atoms with Gasteiger partial charge in [-0.1, -0.05) is 25.8 Å². The van der Waals surface area contributed by atoms with Crippen molar-refractivity contribution in [1.82, 2.24) is 0 Å². The predicted molar refractivity (Wildman–Crippen MR) is 90.1 cm³/mol. The topological polar surface area (TPSA) is 38.5 Å². The van der Waals surface area contributed by atoms with Crippen LogP contribution in [0.1, 0.15) is 57.6 Å². The average Bonchev–Trinajstić information content (AvgIpc) is 2.72. The maximum atomic E-state index is 6.20. The third-order valence-electron chi connectivity index (χ3n) is 4.60. The van der Waals surface area contributed by atoms with Gasteiger partial charge < -0.3 is 15.4 Å². The normalized spacial score (nSPS) is 21.0. The molecule has 0 aromatic heterocycles. The van der Waals surface area contributed by atoms with Gasteiger partial charge in [0.05, 0.1) is 7.11 Å². The van der Waals surface area contributed by atoms with Crippen LogP contribution in [0.2, 0.25) is 0 Å². The fourth-order valence-electron chi connectivity index (χ4n) is 3.55. The van der Waals surface area contributed by atoms with Crippen molar-refractivity contribution in [2.24, 2.45) is 11.7 Å². The Kier molecular flexibility index (Phi) is 5.92. The van der Waals surface area contributed by atoms with Gasteiger partial charge in [-0.05, 0) is 44.2 Å². The van der Waals surface area contributed by atoms with E-state index in [-0.39, 0.29) is 6.04 Å². The minimum atomic E-state index is -0.00848. The lowest BCUT2D eigenvalue weighted by atomic mass is 9.96. The molecule has 3 nitrogen and oxygen atoms in total. The van der Waals surface area contributed by atoms with Crippen LogP contribution < -0.4 is 15.4 Å². The highest BCUT2D eigenvalue weighted by atomic mass is 16.5. The summed E-state index contributed by atoms with van der Waals surface area (Å²) >= 11 is 0. The van der Waals surface area contributed by atoms with Crippen molar-refractivity contribution in [2.45, 2.75) is 52.0 Å². The van der Waals surface area contributed by atoms with Gasteiger partial charge in [0.15, 0.2) is 0 Å². The summed E-state index contributed by atoms with van der Waals surface area (Å²) in [6.45, 7) is 6.60. The zero-order valence-corrected chi connectivity index (χ0v) is 13.8. The van der Waals surface area contributed by atoms with Crippen molar-refractivity contribution < 1.29 is 4.74 Å². The molecule has 1 aliphatic rings. The number of anilines is 1. The second-order valence-corrected chi connectivity index (χ2v) is 6.25. The first-order valence-corrected chi connectivity index (χ1v) is 8.34. The third kappa shape index (κ3) is 3.91. The summed E-state index contributed by atoms with van der Waals surface area (Å²) in [5.41, 5.74) is 8.62. The molecule has 2 N–H and O–H groups in total. The van der Waals surface area contributed by atoms with Gasteiger partial charge in [-0.2, -0.15) is 0 Å². The van der Waals surface area contributed by atoms with Gasteiger partial charge in [0.2, 0.25) is 0 Å². The quantitative estimate of drug-likeness (QED) is 0.886. The lowest BCUT2D eigenvalue weighted by Gasteiger charge is -2.28. The van der Waals surface area contributed by atoms with E-state index in [1.54, 1.807) is 7.11 Å². The Labute approximate surface area is 129 Å². The number of hydrogen-bond acceptors (Lipinski definition) is 3. The monoisotopic (exact) mass is 290 g/mol. The Morgan fingerprint density at radius 1 is 1.33 bits per heavy atom. The molecule has 1 fully saturated rings. The molecule has 1 aliphatic heterocycles. The summed E-state index contributed by atoms with van der Waals surface area (Å²) in [6, 6.07) is 6.28. The Balaban J connectivity index is 2.21. The fraction of sp³-hybridized carbons (Fsp3) is 0.667. The lowest BCUT2D eigenvalue weighted by Crippen LogP contribution is -2.26. The summed E-state index contributed by atoms with van der Waals surface area (Å²) in [5.74, 6) is 1.81. The standard InChI is InChI=1S/C18H30N2O/c1-4-7-15-8-6-12-20(13-11-15)16-9-5-10-17(21-3)18(16)14(2)19/h5,9-10,14-15H,4,6-8,11-13,19H2,1-3H3. The van der Waals surface area contributed by atoms with Crippen LogP contribution in [-0.4, -0.2) is 20.2 Å². The third-order valence-corrected chi connectivity index (χ3v) is 4.60. The number of ether oxygens (including phenoxy) is 1. The molecular formula is C18H30N2O. The SMILES string of the molecule is CCCC1CCCN(c2cccc(OC)c2C(C)N)CC1. The van der Waals surface area contributed by atoms with E-state index in [2.05, 4.69) is 24.0 Å². The van der Waals surface area contributed by atoms with Crippen molar-refractivity contribution in [3.63, 3.8) is 0 Å². The van der Waals surface area contributed by atoms with Gasteiger partial charge >= 0.3 is 0 Å². The Bertz CT molecular complexity index is 445. The van der Waals surface area contributed by atoms with Crippen LogP contribution in [-0.2, 0) is 0 Å². The highest BCUT2D eigenvalue weighted by Crippen LogP contribution is 2.35. The molecule has 0 amide bonds. The summed E-state index contributed by atoms with van der Waals surface area (Å²) in [5, 5.41) is 0. The van der Waals surface area contributed by atoms with Crippen LogP contribution in [0.15, 0.2) is 18.2 Å². The molecule has 21 heavy (non-hydrogen) atoms. The predicted octanol–water partition coefficient (Wildman–Crippen LogP) is 4.12. The molecule has 0 bridgehead atoms. The van der Waals surface area contributed by atoms with Crippen LogP contribution in [0, 0.1) is 5.92 Å². The minimum absolute atomic E-state index is 0.00848. The number of nitrogens with zero attached hydrogens (tertiary/aromatic N) is 1. The highest BCUT2D eigenvalue weighted by molar-refractivity contribution is 5.60. The van der Waals surface area contributed by atoms with Gasteiger partial charge in [0.25, 0.3) is 0 Å². The van der Waals surface area contributed by atoms with E-state index in [0.717, 1.165) is 30.3 Å². The lowest BCUT2D eigenvalue weighted by molar-refractivity contribution is 0.407. The molecule has 1 aromatic rings. The summed E-state index contributed by atoms with van der Waals surface area (Å²) in [6.07, 6.45) is 6.60. The van der Waals surface area contributed by atoms with Gasteiger partial charge in [-0.3, -0.25) is 0 Å². The molecule has 1 saturated heterocycles. The molecule has 118 valence electrons. The number of benzene rings is 1. The van der Waals surface area contributed by atoms with Gasteiger partial charge in [0.1, 0.15) is 5.75 Å². The van der Waals surface area contributed by atoms with Crippen molar-refractivity contribution in [1.29, 1.82) is 0 Å². The number of methoxy groups -OCH3 is 1. The molecule has 2 atom stereocenters. The van der Waals surface area contributed by atoms with E-state index in [9.17, 15) is 0 Å². The molecule has 3 heteroatoms. The van der Waals surface area contributed by atoms with Crippen molar-refractivity contribution in [2.75, 3.05) is 25.1 Å². The van der Waals surface area contributed by atoms with Gasteiger partial charge in [-0.25, -0.2) is 0 Å². The Morgan fingerprint density at radius 3 is 2.81 bits per heavy atom. The molecular weight excluding hydrogens is 260 g/mol. The first-order valence-electron chi connectivity index (χ1n) is 8.34. The average molecular weight is 290 g/mol. The van der Waals surface area contributed by atoms with Crippen LogP contribution in [0.3, 0.4) is 0 Å². The van der Waals surface area contributed by atoms with Crippen LogP contribution in [0.4, 0.5) is 5.69 Å². The number of rotatable bonds is 5. The first kappa shape index (κ1) is 16.2. The zero-order valence-electron chi connectivity index (χ0n) is 13.8. The zero-order chi connectivity index (χ0) is 15.2. The Morgan fingerprint density at radius 2 is 2.14 bits per heavy atom. The molecule has 2 unspecified atom stereocenters. The highest BCUT2D eigenvalue weighted by Gasteiger charge is 2.21. The van der Waals surface area contributed by atoms with Crippen LogP contribution >= 0.6 is 0 Å². The Hall–Kier alpha value is -1.22.